The first-order valence-electron chi connectivity index (χ1n) is 11.5. The quantitative estimate of drug-likeness (QED) is 0.394. The molecule has 1 fully saturated rings. The summed E-state index contributed by atoms with van der Waals surface area (Å²) in [7, 11) is 0. The van der Waals surface area contributed by atoms with Crippen molar-refractivity contribution < 1.29 is 9.53 Å². The molecule has 3 aromatic carbocycles. The molecule has 1 saturated heterocycles. The second-order valence-electron chi connectivity index (χ2n) is 8.60. The number of nitrogens with zero attached hydrogens (tertiary/aromatic N) is 1. The first-order valence-corrected chi connectivity index (χ1v) is 11.5. The van der Waals surface area contributed by atoms with Gasteiger partial charge in [0.1, 0.15) is 18.5 Å². The molecule has 0 spiro atoms. The smallest absolute Gasteiger partial charge is 0.255 e. The maximum atomic E-state index is 11.8. The SMILES string of the molecule is NCCOc1ccc(CN2CCC(c3cccc(NC(=O)C(N)N)c3)CC2)c2ccccc12. The molecule has 7 nitrogen and oxygen atoms in total. The summed E-state index contributed by atoms with van der Waals surface area (Å²) in [5, 5.41) is 5.15. The van der Waals surface area contributed by atoms with E-state index in [9.17, 15) is 4.79 Å². The lowest BCUT2D eigenvalue weighted by molar-refractivity contribution is -0.117. The number of carbonyl (C=O) groups is 1. The Morgan fingerprint density at radius 1 is 1.03 bits per heavy atom. The van der Waals surface area contributed by atoms with Crippen LogP contribution in [0.15, 0.2) is 60.7 Å². The molecule has 1 amide bonds. The normalized spacial score (nSPS) is 15.2. The Bertz CT molecular complexity index is 1090. The second kappa shape index (κ2) is 10.8. The molecular weight excluding hydrogens is 414 g/mol. The van der Waals surface area contributed by atoms with Crippen LogP contribution >= 0.6 is 0 Å². The highest BCUT2D eigenvalue weighted by Crippen LogP contribution is 2.33. The van der Waals surface area contributed by atoms with E-state index in [-0.39, 0.29) is 5.91 Å². The Hall–Kier alpha value is -2.97. The fraction of sp³-hybridized carbons (Fsp3) is 0.346. The van der Waals surface area contributed by atoms with E-state index in [0.29, 0.717) is 19.1 Å². The van der Waals surface area contributed by atoms with Gasteiger partial charge in [-0.1, -0.05) is 42.5 Å². The molecule has 0 atom stereocenters. The van der Waals surface area contributed by atoms with Crippen LogP contribution in [0.5, 0.6) is 5.75 Å². The van der Waals surface area contributed by atoms with Crippen molar-refractivity contribution in [3.8, 4) is 5.75 Å². The zero-order valence-corrected chi connectivity index (χ0v) is 18.9. The summed E-state index contributed by atoms with van der Waals surface area (Å²) < 4.78 is 5.84. The molecule has 0 bridgehead atoms. The standard InChI is InChI=1S/C26H33N5O2/c27-12-15-33-24-9-8-20(22-6-1-2-7-23(22)24)17-31-13-10-18(11-14-31)19-4-3-5-21(16-19)30-26(32)25(28)29/h1-9,16,18,25H,10-15,17,27-29H2,(H,30,32). The third kappa shape index (κ3) is 5.69. The number of nitrogens with two attached hydrogens (primary N) is 3. The van der Waals surface area contributed by atoms with Gasteiger partial charge in [0.25, 0.3) is 5.91 Å². The van der Waals surface area contributed by atoms with E-state index in [2.05, 4.69) is 46.6 Å². The van der Waals surface area contributed by atoms with E-state index in [0.717, 1.165) is 49.3 Å². The predicted molar refractivity (Wildman–Crippen MR) is 133 cm³/mol. The fourth-order valence-electron chi connectivity index (χ4n) is 4.53. The third-order valence-corrected chi connectivity index (χ3v) is 6.26. The van der Waals surface area contributed by atoms with Crippen LogP contribution < -0.4 is 27.3 Å². The van der Waals surface area contributed by atoms with E-state index in [4.69, 9.17) is 21.9 Å². The average molecular weight is 448 g/mol. The highest BCUT2D eigenvalue weighted by Gasteiger charge is 2.22. The predicted octanol–water partition coefficient (Wildman–Crippen LogP) is 2.74. The van der Waals surface area contributed by atoms with Gasteiger partial charge in [0.2, 0.25) is 0 Å². The maximum Gasteiger partial charge on any atom is 0.255 e. The van der Waals surface area contributed by atoms with Crippen molar-refractivity contribution in [2.45, 2.75) is 31.5 Å². The summed E-state index contributed by atoms with van der Waals surface area (Å²) in [5.41, 5.74) is 19.8. The molecule has 3 aromatic rings. The Morgan fingerprint density at radius 2 is 1.79 bits per heavy atom. The number of rotatable bonds is 8. The summed E-state index contributed by atoms with van der Waals surface area (Å²) in [6.07, 6.45) is 1.13. The van der Waals surface area contributed by atoms with Gasteiger partial charge in [-0.3, -0.25) is 9.69 Å². The lowest BCUT2D eigenvalue weighted by Gasteiger charge is -2.32. The average Bonchev–Trinajstić information content (AvgIpc) is 2.84. The summed E-state index contributed by atoms with van der Waals surface area (Å²) in [4.78, 5) is 14.3. The zero-order chi connectivity index (χ0) is 23.2. The van der Waals surface area contributed by atoms with Crippen molar-refractivity contribution in [2.75, 3.05) is 31.6 Å². The summed E-state index contributed by atoms with van der Waals surface area (Å²) >= 11 is 0. The molecule has 0 aliphatic carbocycles. The van der Waals surface area contributed by atoms with Gasteiger partial charge in [-0.15, -0.1) is 0 Å². The summed E-state index contributed by atoms with van der Waals surface area (Å²) in [6.45, 7) is 3.97. The van der Waals surface area contributed by atoms with Crippen molar-refractivity contribution in [3.05, 3.63) is 71.8 Å². The lowest BCUT2D eigenvalue weighted by atomic mass is 9.89. The fourth-order valence-corrected chi connectivity index (χ4v) is 4.53. The van der Waals surface area contributed by atoms with Gasteiger partial charge in [0, 0.05) is 24.2 Å². The number of ether oxygens (including phenoxy) is 1. The minimum Gasteiger partial charge on any atom is -0.492 e. The maximum absolute atomic E-state index is 11.8. The van der Waals surface area contributed by atoms with Crippen molar-refractivity contribution in [2.24, 2.45) is 17.2 Å². The minimum atomic E-state index is -1.02. The van der Waals surface area contributed by atoms with E-state index in [1.54, 1.807) is 0 Å². The molecular formula is C26H33N5O2. The van der Waals surface area contributed by atoms with Gasteiger partial charge in [-0.25, -0.2) is 0 Å². The van der Waals surface area contributed by atoms with Crippen molar-refractivity contribution >= 4 is 22.4 Å². The van der Waals surface area contributed by atoms with Crippen LogP contribution in [-0.2, 0) is 11.3 Å². The van der Waals surface area contributed by atoms with Gasteiger partial charge in [-0.2, -0.15) is 0 Å². The van der Waals surface area contributed by atoms with Crippen LogP contribution in [0.3, 0.4) is 0 Å². The molecule has 1 aliphatic rings. The Balaban J connectivity index is 1.40. The van der Waals surface area contributed by atoms with E-state index in [1.807, 2.05) is 24.3 Å². The molecule has 7 heteroatoms. The number of nitrogens with one attached hydrogen (secondary N) is 1. The lowest BCUT2D eigenvalue weighted by Crippen LogP contribution is -2.43. The van der Waals surface area contributed by atoms with Crippen molar-refractivity contribution in [1.29, 1.82) is 0 Å². The molecule has 7 N–H and O–H groups in total. The van der Waals surface area contributed by atoms with Crippen LogP contribution in [0.4, 0.5) is 5.69 Å². The molecule has 0 unspecified atom stereocenters. The topological polar surface area (TPSA) is 120 Å². The van der Waals surface area contributed by atoms with Crippen molar-refractivity contribution in [1.82, 2.24) is 4.90 Å². The van der Waals surface area contributed by atoms with E-state index in [1.165, 1.54) is 16.5 Å². The Kier molecular flexibility index (Phi) is 7.57. The Morgan fingerprint density at radius 3 is 2.52 bits per heavy atom. The number of fused-ring (bicyclic) bond motifs is 1. The van der Waals surface area contributed by atoms with Gasteiger partial charge in [-0.05, 0) is 66.6 Å². The van der Waals surface area contributed by atoms with Crippen molar-refractivity contribution in [3.63, 3.8) is 0 Å². The highest BCUT2D eigenvalue weighted by atomic mass is 16.5. The van der Waals surface area contributed by atoms with Crippen LogP contribution in [-0.4, -0.2) is 43.2 Å². The van der Waals surface area contributed by atoms with Crippen LogP contribution in [0.1, 0.15) is 29.9 Å². The van der Waals surface area contributed by atoms with Gasteiger partial charge in [0.05, 0.1) is 0 Å². The van der Waals surface area contributed by atoms with Crippen LogP contribution in [0, 0.1) is 0 Å². The summed E-state index contributed by atoms with van der Waals surface area (Å²) in [6, 6.07) is 20.6. The Labute approximate surface area is 194 Å². The first-order chi connectivity index (χ1) is 16.0. The summed E-state index contributed by atoms with van der Waals surface area (Å²) in [5.74, 6) is 0.975. The highest BCUT2D eigenvalue weighted by molar-refractivity contribution is 5.94. The third-order valence-electron chi connectivity index (χ3n) is 6.26. The monoisotopic (exact) mass is 447 g/mol. The molecule has 4 rings (SSSR count). The number of carbonyl (C=O) groups excluding carboxylic acids is 1. The number of hydrogen-bond acceptors (Lipinski definition) is 6. The largest absolute Gasteiger partial charge is 0.492 e. The second-order valence-corrected chi connectivity index (χ2v) is 8.60. The number of piperidine rings is 1. The number of hydrogen-bond donors (Lipinski definition) is 4. The molecule has 0 radical (unpaired) electrons. The van der Waals surface area contributed by atoms with E-state index < -0.39 is 6.17 Å². The number of likely N-dealkylation sites (tertiary alicyclic amines) is 1. The first kappa shape index (κ1) is 23.2. The van der Waals surface area contributed by atoms with Gasteiger partial charge < -0.3 is 27.3 Å². The molecule has 1 aliphatic heterocycles. The van der Waals surface area contributed by atoms with Crippen LogP contribution in [0.2, 0.25) is 0 Å². The number of amides is 1. The van der Waals surface area contributed by atoms with Crippen LogP contribution in [0.25, 0.3) is 10.8 Å². The molecule has 174 valence electrons. The van der Waals surface area contributed by atoms with Gasteiger partial charge >= 0.3 is 0 Å². The van der Waals surface area contributed by atoms with Gasteiger partial charge in [0.15, 0.2) is 0 Å². The number of benzene rings is 3. The molecule has 33 heavy (non-hydrogen) atoms. The molecule has 1 heterocycles. The minimum absolute atomic E-state index is 0.381. The number of anilines is 1. The zero-order valence-electron chi connectivity index (χ0n) is 18.9. The van der Waals surface area contributed by atoms with E-state index >= 15 is 0 Å². The molecule has 0 saturated carbocycles. The molecule has 0 aromatic heterocycles.